The van der Waals surface area contributed by atoms with Gasteiger partial charge >= 0.3 is 0 Å². The maximum atomic E-state index is 12.6. The zero-order valence-electron chi connectivity index (χ0n) is 17.2. The third-order valence-electron chi connectivity index (χ3n) is 4.93. The van der Waals surface area contributed by atoms with Crippen molar-refractivity contribution in [2.45, 2.75) is 12.8 Å². The van der Waals surface area contributed by atoms with Crippen LogP contribution in [0.25, 0.3) is 0 Å². The molecule has 0 aliphatic carbocycles. The van der Waals surface area contributed by atoms with E-state index in [0.29, 0.717) is 23.2 Å². The second-order valence-electron chi connectivity index (χ2n) is 7.24. The number of nitrogens with one attached hydrogen (secondary N) is 3. The van der Waals surface area contributed by atoms with Crippen LogP contribution in [0.15, 0.2) is 43.0 Å². The van der Waals surface area contributed by atoms with Crippen molar-refractivity contribution in [3.05, 3.63) is 59.3 Å². The highest BCUT2D eigenvalue weighted by atomic mass is 35.5. The number of pyridine rings is 2. The molecule has 3 N–H and O–H groups in total. The van der Waals surface area contributed by atoms with Crippen LogP contribution in [-0.2, 0) is 0 Å². The summed E-state index contributed by atoms with van der Waals surface area (Å²) in [7, 11) is 0. The Labute approximate surface area is 189 Å². The monoisotopic (exact) mass is 455 g/mol. The SMILES string of the molecule is O=C(Nc1cn[nH]c1C(=O)Nc1ccc(OCCN2CCCC2)nc1)c1cncc(Cl)c1. The summed E-state index contributed by atoms with van der Waals surface area (Å²) >= 11 is 5.87. The quantitative estimate of drug-likeness (QED) is 0.476. The smallest absolute Gasteiger partial charge is 0.275 e. The molecule has 1 aliphatic rings. The number of hydrogen-bond acceptors (Lipinski definition) is 7. The number of carbonyl (C=O) groups is 2. The van der Waals surface area contributed by atoms with Crippen LogP contribution >= 0.6 is 11.6 Å². The minimum atomic E-state index is -0.480. The van der Waals surface area contributed by atoms with Gasteiger partial charge in [0.2, 0.25) is 5.88 Å². The number of nitrogens with zero attached hydrogens (tertiary/aromatic N) is 4. The molecule has 0 bridgehead atoms. The van der Waals surface area contributed by atoms with Gasteiger partial charge in [0.15, 0.2) is 0 Å². The largest absolute Gasteiger partial charge is 0.476 e. The molecule has 166 valence electrons. The number of H-pyrrole nitrogens is 1. The van der Waals surface area contributed by atoms with Crippen LogP contribution in [0.5, 0.6) is 5.88 Å². The normalized spacial score (nSPS) is 13.7. The van der Waals surface area contributed by atoms with Crippen molar-refractivity contribution in [3.8, 4) is 5.88 Å². The van der Waals surface area contributed by atoms with E-state index in [1.165, 1.54) is 43.7 Å². The van der Waals surface area contributed by atoms with Crippen LogP contribution in [0, 0.1) is 0 Å². The molecule has 10 nitrogen and oxygen atoms in total. The van der Waals surface area contributed by atoms with E-state index in [1.54, 1.807) is 12.1 Å². The zero-order chi connectivity index (χ0) is 22.3. The topological polar surface area (TPSA) is 125 Å². The molecule has 0 atom stereocenters. The maximum Gasteiger partial charge on any atom is 0.275 e. The first kappa shape index (κ1) is 21.7. The molecule has 4 rings (SSSR count). The van der Waals surface area contributed by atoms with Crippen molar-refractivity contribution in [1.82, 2.24) is 25.1 Å². The Morgan fingerprint density at radius 1 is 1.09 bits per heavy atom. The summed E-state index contributed by atoms with van der Waals surface area (Å²) in [5.41, 5.74) is 1.06. The van der Waals surface area contributed by atoms with Crippen molar-refractivity contribution in [3.63, 3.8) is 0 Å². The molecule has 2 amide bonds. The Morgan fingerprint density at radius 2 is 1.94 bits per heavy atom. The van der Waals surface area contributed by atoms with Gasteiger partial charge in [-0.25, -0.2) is 4.98 Å². The fourth-order valence-electron chi connectivity index (χ4n) is 3.30. The highest BCUT2D eigenvalue weighted by Crippen LogP contribution is 2.18. The van der Waals surface area contributed by atoms with Crippen molar-refractivity contribution in [1.29, 1.82) is 0 Å². The van der Waals surface area contributed by atoms with E-state index in [0.717, 1.165) is 19.6 Å². The summed E-state index contributed by atoms with van der Waals surface area (Å²) in [6.45, 7) is 3.68. The fraction of sp³-hybridized carbons (Fsp3) is 0.286. The summed E-state index contributed by atoms with van der Waals surface area (Å²) in [6.07, 6.45) is 8.14. The Morgan fingerprint density at radius 3 is 2.69 bits per heavy atom. The standard InChI is InChI=1S/C21H22ClN7O3/c22-15-9-14(10-23-11-15)20(30)27-17-13-25-28-19(17)21(31)26-16-3-4-18(24-12-16)32-8-7-29-5-1-2-6-29/h3-4,9-13H,1-2,5-8H2,(H,25,28)(H,26,31)(H,27,30). The van der Waals surface area contributed by atoms with E-state index >= 15 is 0 Å². The molecule has 3 aromatic heterocycles. The predicted molar refractivity (Wildman–Crippen MR) is 119 cm³/mol. The lowest BCUT2D eigenvalue weighted by Gasteiger charge is -2.14. The molecule has 0 saturated carbocycles. The van der Waals surface area contributed by atoms with Crippen molar-refractivity contribution in [2.75, 3.05) is 36.9 Å². The summed E-state index contributed by atoms with van der Waals surface area (Å²) in [5, 5.41) is 12.1. The van der Waals surface area contributed by atoms with Gasteiger partial charge in [-0.3, -0.25) is 24.6 Å². The lowest BCUT2D eigenvalue weighted by Crippen LogP contribution is -2.25. The molecule has 3 aromatic rings. The van der Waals surface area contributed by atoms with E-state index in [-0.39, 0.29) is 16.9 Å². The first-order valence-corrected chi connectivity index (χ1v) is 10.5. The van der Waals surface area contributed by atoms with Gasteiger partial charge < -0.3 is 15.4 Å². The third-order valence-corrected chi connectivity index (χ3v) is 5.14. The predicted octanol–water partition coefficient (Wildman–Crippen LogP) is 2.83. The Hall–Kier alpha value is -3.50. The average molecular weight is 456 g/mol. The minimum absolute atomic E-state index is 0.0966. The highest BCUT2D eigenvalue weighted by molar-refractivity contribution is 6.30. The molecule has 1 saturated heterocycles. The molecule has 0 aromatic carbocycles. The lowest BCUT2D eigenvalue weighted by molar-refractivity contribution is 0.102. The van der Waals surface area contributed by atoms with Gasteiger partial charge in [-0.2, -0.15) is 5.10 Å². The van der Waals surface area contributed by atoms with Crippen molar-refractivity contribution in [2.24, 2.45) is 0 Å². The number of hydrogen-bond donors (Lipinski definition) is 3. The summed E-state index contributed by atoms with van der Waals surface area (Å²) in [4.78, 5) is 35.5. The molecule has 4 heterocycles. The van der Waals surface area contributed by atoms with Crippen LogP contribution in [0.3, 0.4) is 0 Å². The van der Waals surface area contributed by atoms with E-state index in [4.69, 9.17) is 16.3 Å². The van der Waals surface area contributed by atoms with Gasteiger partial charge in [0.05, 0.1) is 34.4 Å². The van der Waals surface area contributed by atoms with Crippen molar-refractivity contribution < 1.29 is 14.3 Å². The van der Waals surface area contributed by atoms with Gasteiger partial charge in [0.1, 0.15) is 12.3 Å². The van der Waals surface area contributed by atoms with Gasteiger partial charge in [-0.15, -0.1) is 0 Å². The number of carbonyl (C=O) groups excluding carboxylic acids is 2. The number of amides is 2. The van der Waals surface area contributed by atoms with Gasteiger partial charge in [0.25, 0.3) is 11.8 Å². The van der Waals surface area contributed by atoms with Crippen LogP contribution in [0.1, 0.15) is 33.7 Å². The Balaban J connectivity index is 1.32. The Kier molecular flexibility index (Phi) is 6.93. The van der Waals surface area contributed by atoms with Crippen LogP contribution < -0.4 is 15.4 Å². The zero-order valence-corrected chi connectivity index (χ0v) is 17.9. The molecule has 11 heteroatoms. The first-order chi connectivity index (χ1) is 15.6. The molecule has 0 radical (unpaired) electrons. The number of aromatic nitrogens is 4. The number of rotatable bonds is 8. The first-order valence-electron chi connectivity index (χ1n) is 10.2. The minimum Gasteiger partial charge on any atom is -0.476 e. The maximum absolute atomic E-state index is 12.6. The van der Waals surface area contributed by atoms with Gasteiger partial charge in [-0.05, 0) is 38.1 Å². The molecule has 1 aliphatic heterocycles. The van der Waals surface area contributed by atoms with Crippen LogP contribution in [-0.4, -0.2) is 63.1 Å². The third kappa shape index (κ3) is 5.59. The fourth-order valence-corrected chi connectivity index (χ4v) is 3.48. The number of likely N-dealkylation sites (tertiary alicyclic amines) is 1. The van der Waals surface area contributed by atoms with Gasteiger partial charge in [0, 0.05) is 25.0 Å². The van der Waals surface area contributed by atoms with E-state index in [2.05, 4.69) is 35.7 Å². The molecule has 1 fully saturated rings. The second-order valence-corrected chi connectivity index (χ2v) is 7.68. The number of anilines is 2. The molecule has 0 spiro atoms. The number of aromatic amines is 1. The molecule has 32 heavy (non-hydrogen) atoms. The number of ether oxygens (including phenoxy) is 1. The van der Waals surface area contributed by atoms with Crippen LogP contribution in [0.2, 0.25) is 5.02 Å². The van der Waals surface area contributed by atoms with Crippen LogP contribution in [0.4, 0.5) is 11.4 Å². The summed E-state index contributed by atoms with van der Waals surface area (Å²) in [5.74, 6) is -0.453. The Bertz CT molecular complexity index is 1080. The second kappa shape index (κ2) is 10.2. The molecule has 0 unspecified atom stereocenters. The van der Waals surface area contributed by atoms with E-state index < -0.39 is 11.8 Å². The average Bonchev–Trinajstić information content (AvgIpc) is 3.47. The highest BCUT2D eigenvalue weighted by Gasteiger charge is 2.18. The molecular weight excluding hydrogens is 434 g/mol. The van der Waals surface area contributed by atoms with E-state index in [1.807, 2.05) is 0 Å². The summed E-state index contributed by atoms with van der Waals surface area (Å²) < 4.78 is 5.67. The summed E-state index contributed by atoms with van der Waals surface area (Å²) in [6, 6.07) is 4.87. The number of halogens is 1. The molecular formula is C21H22ClN7O3. The van der Waals surface area contributed by atoms with E-state index in [9.17, 15) is 9.59 Å². The van der Waals surface area contributed by atoms with Crippen molar-refractivity contribution >= 4 is 34.8 Å². The van der Waals surface area contributed by atoms with Gasteiger partial charge in [-0.1, -0.05) is 11.6 Å². The lowest BCUT2D eigenvalue weighted by atomic mass is 10.2.